The highest BCUT2D eigenvalue weighted by Crippen LogP contribution is 2.24. The van der Waals surface area contributed by atoms with Crippen LogP contribution >= 0.6 is 0 Å². The van der Waals surface area contributed by atoms with Crippen LogP contribution in [-0.2, 0) is 31.3 Å². The molecule has 174 valence electrons. The molecule has 2 aromatic rings. The maximum absolute atomic E-state index is 12.9. The molecule has 1 aliphatic heterocycles. The van der Waals surface area contributed by atoms with Crippen molar-refractivity contribution in [2.24, 2.45) is 0 Å². The molecular formula is C22H29N3O5S2. The molecule has 0 bridgehead atoms. The Kier molecular flexibility index (Phi) is 7.26. The summed E-state index contributed by atoms with van der Waals surface area (Å²) in [4.78, 5) is 14.7. The lowest BCUT2D eigenvalue weighted by atomic mass is 10.1. The van der Waals surface area contributed by atoms with Gasteiger partial charge in [0, 0.05) is 26.2 Å². The van der Waals surface area contributed by atoms with Gasteiger partial charge in [-0.25, -0.2) is 16.8 Å². The van der Waals surface area contributed by atoms with Crippen molar-refractivity contribution in [1.82, 2.24) is 9.21 Å². The minimum atomic E-state index is -3.68. The molecule has 0 unspecified atom stereocenters. The van der Waals surface area contributed by atoms with E-state index in [1.165, 1.54) is 9.21 Å². The summed E-state index contributed by atoms with van der Waals surface area (Å²) in [7, 11) is -7.32. The molecule has 2 aromatic carbocycles. The fourth-order valence-electron chi connectivity index (χ4n) is 3.69. The fourth-order valence-corrected chi connectivity index (χ4v) is 6.00. The van der Waals surface area contributed by atoms with Gasteiger partial charge in [-0.05, 0) is 37.1 Å². The van der Waals surface area contributed by atoms with E-state index in [-0.39, 0.29) is 43.5 Å². The molecule has 1 heterocycles. The van der Waals surface area contributed by atoms with E-state index in [1.54, 1.807) is 36.4 Å². The summed E-state index contributed by atoms with van der Waals surface area (Å²) in [6.07, 6.45) is 1.71. The van der Waals surface area contributed by atoms with Crippen LogP contribution in [0.25, 0.3) is 0 Å². The number of hydrogen-bond donors (Lipinski definition) is 0. The van der Waals surface area contributed by atoms with Gasteiger partial charge in [0.1, 0.15) is 6.54 Å². The maximum atomic E-state index is 12.9. The molecule has 0 atom stereocenters. The number of hydrogen-bond acceptors (Lipinski definition) is 5. The van der Waals surface area contributed by atoms with Crippen molar-refractivity contribution in [3.8, 4) is 0 Å². The number of para-hydroxylation sites is 1. The van der Waals surface area contributed by atoms with Crippen LogP contribution in [-0.4, -0.2) is 70.9 Å². The van der Waals surface area contributed by atoms with Gasteiger partial charge < -0.3 is 4.90 Å². The SMILES string of the molecule is CCc1ccccc1N(CC(=O)N1CCN(S(=O)(=O)c2ccc(C)cc2)CC1)S(C)(=O)=O. The number of nitrogens with zero attached hydrogens (tertiary/aromatic N) is 3. The van der Waals surface area contributed by atoms with Crippen molar-refractivity contribution in [2.45, 2.75) is 25.2 Å². The van der Waals surface area contributed by atoms with E-state index >= 15 is 0 Å². The Morgan fingerprint density at radius 2 is 1.53 bits per heavy atom. The maximum Gasteiger partial charge on any atom is 0.243 e. The van der Waals surface area contributed by atoms with Crippen molar-refractivity contribution in [2.75, 3.05) is 43.3 Å². The number of rotatable bonds is 7. The van der Waals surface area contributed by atoms with Crippen LogP contribution in [0.3, 0.4) is 0 Å². The highest BCUT2D eigenvalue weighted by atomic mass is 32.2. The number of carbonyl (C=O) groups excluding carboxylic acids is 1. The van der Waals surface area contributed by atoms with E-state index in [0.717, 1.165) is 21.7 Å². The summed E-state index contributed by atoms with van der Waals surface area (Å²) in [5, 5.41) is 0. The molecule has 1 amide bonds. The van der Waals surface area contributed by atoms with Crippen LogP contribution in [0.5, 0.6) is 0 Å². The van der Waals surface area contributed by atoms with Gasteiger partial charge in [0.2, 0.25) is 26.0 Å². The fraction of sp³-hybridized carbons (Fsp3) is 0.409. The molecule has 1 aliphatic rings. The monoisotopic (exact) mass is 479 g/mol. The Morgan fingerprint density at radius 3 is 2.09 bits per heavy atom. The summed E-state index contributed by atoms with van der Waals surface area (Å²) in [6, 6.07) is 13.8. The van der Waals surface area contributed by atoms with Crippen LogP contribution in [0.2, 0.25) is 0 Å². The van der Waals surface area contributed by atoms with Gasteiger partial charge in [-0.1, -0.05) is 42.8 Å². The number of piperazine rings is 1. The number of benzene rings is 2. The summed E-state index contributed by atoms with van der Waals surface area (Å²) >= 11 is 0. The third-order valence-corrected chi connectivity index (χ3v) is 8.61. The third kappa shape index (κ3) is 5.31. The molecule has 3 rings (SSSR count). The molecule has 0 saturated carbocycles. The van der Waals surface area contributed by atoms with E-state index in [4.69, 9.17) is 0 Å². The van der Waals surface area contributed by atoms with Crippen molar-refractivity contribution < 1.29 is 21.6 Å². The van der Waals surface area contributed by atoms with Gasteiger partial charge in [-0.2, -0.15) is 4.31 Å². The first-order valence-electron chi connectivity index (χ1n) is 10.4. The summed E-state index contributed by atoms with van der Waals surface area (Å²) in [5.74, 6) is -0.353. The molecule has 10 heteroatoms. The Hall–Kier alpha value is -2.43. The molecule has 0 spiro atoms. The molecule has 0 N–H and O–H groups in total. The van der Waals surface area contributed by atoms with E-state index < -0.39 is 20.0 Å². The molecule has 0 radical (unpaired) electrons. The smallest absolute Gasteiger partial charge is 0.243 e. The zero-order chi connectivity index (χ0) is 23.5. The minimum Gasteiger partial charge on any atom is -0.338 e. The molecule has 1 fully saturated rings. The lowest BCUT2D eigenvalue weighted by Gasteiger charge is -2.35. The first-order valence-corrected chi connectivity index (χ1v) is 13.7. The van der Waals surface area contributed by atoms with E-state index in [2.05, 4.69) is 0 Å². The number of sulfonamides is 2. The van der Waals surface area contributed by atoms with Crippen molar-refractivity contribution in [3.63, 3.8) is 0 Å². The van der Waals surface area contributed by atoms with E-state index in [9.17, 15) is 21.6 Å². The quantitative estimate of drug-likeness (QED) is 0.604. The minimum absolute atomic E-state index is 0.159. The largest absolute Gasteiger partial charge is 0.338 e. The molecular weight excluding hydrogens is 450 g/mol. The number of amides is 1. The molecule has 8 nitrogen and oxygen atoms in total. The molecule has 0 aliphatic carbocycles. The number of carbonyl (C=O) groups is 1. The average Bonchev–Trinajstić information content (AvgIpc) is 2.77. The normalized spacial score (nSPS) is 15.5. The third-order valence-electron chi connectivity index (χ3n) is 5.57. The predicted octanol–water partition coefficient (Wildman–Crippen LogP) is 1.86. The molecule has 32 heavy (non-hydrogen) atoms. The number of anilines is 1. The van der Waals surface area contributed by atoms with E-state index in [0.29, 0.717) is 12.1 Å². The van der Waals surface area contributed by atoms with Crippen LogP contribution in [0.4, 0.5) is 5.69 Å². The van der Waals surface area contributed by atoms with Crippen molar-refractivity contribution in [1.29, 1.82) is 0 Å². The predicted molar refractivity (Wildman–Crippen MR) is 125 cm³/mol. The summed E-state index contributed by atoms with van der Waals surface area (Å²) in [6.45, 7) is 4.22. The van der Waals surface area contributed by atoms with Gasteiger partial charge in [0.05, 0.1) is 16.8 Å². The molecule has 1 saturated heterocycles. The summed E-state index contributed by atoms with van der Waals surface area (Å²) in [5.41, 5.74) is 2.30. The zero-order valence-electron chi connectivity index (χ0n) is 18.6. The van der Waals surface area contributed by atoms with Gasteiger partial charge in [0.15, 0.2) is 0 Å². The van der Waals surface area contributed by atoms with Crippen LogP contribution in [0.15, 0.2) is 53.4 Å². The first kappa shape index (κ1) is 24.2. The highest BCUT2D eigenvalue weighted by Gasteiger charge is 2.32. The van der Waals surface area contributed by atoms with Crippen molar-refractivity contribution >= 4 is 31.6 Å². The van der Waals surface area contributed by atoms with Gasteiger partial charge in [0.25, 0.3) is 0 Å². The van der Waals surface area contributed by atoms with Gasteiger partial charge in [-0.15, -0.1) is 0 Å². The Morgan fingerprint density at radius 1 is 0.938 bits per heavy atom. The second-order valence-electron chi connectivity index (χ2n) is 7.85. The standard InChI is InChI=1S/C22H29N3O5S2/c1-4-19-7-5-6-8-21(19)25(31(3,27)28)17-22(26)23-13-15-24(16-14-23)32(29,30)20-11-9-18(2)10-12-20/h5-12H,4,13-17H2,1-3H3. The van der Waals surface area contributed by atoms with E-state index in [1.807, 2.05) is 26.0 Å². The average molecular weight is 480 g/mol. The Bertz CT molecular complexity index is 1170. The second-order valence-corrected chi connectivity index (χ2v) is 11.7. The van der Waals surface area contributed by atoms with Crippen LogP contribution < -0.4 is 4.31 Å². The van der Waals surface area contributed by atoms with Crippen LogP contribution in [0.1, 0.15) is 18.1 Å². The van der Waals surface area contributed by atoms with Crippen molar-refractivity contribution in [3.05, 3.63) is 59.7 Å². The van der Waals surface area contributed by atoms with Gasteiger partial charge in [-0.3, -0.25) is 9.10 Å². The zero-order valence-corrected chi connectivity index (χ0v) is 20.2. The topological polar surface area (TPSA) is 95.1 Å². The first-order chi connectivity index (χ1) is 15.0. The van der Waals surface area contributed by atoms with Gasteiger partial charge >= 0.3 is 0 Å². The molecule has 0 aromatic heterocycles. The highest BCUT2D eigenvalue weighted by molar-refractivity contribution is 7.92. The Balaban J connectivity index is 1.71. The number of aryl methyl sites for hydroxylation is 2. The second kappa shape index (κ2) is 9.60. The summed E-state index contributed by atoms with van der Waals surface area (Å²) < 4.78 is 53.1. The Labute approximate surface area is 190 Å². The van der Waals surface area contributed by atoms with Crippen LogP contribution in [0, 0.1) is 6.92 Å². The lowest BCUT2D eigenvalue weighted by Crippen LogP contribution is -2.53. The lowest BCUT2D eigenvalue weighted by molar-refractivity contribution is -0.130.